The summed E-state index contributed by atoms with van der Waals surface area (Å²) in [6.07, 6.45) is 6.05. The van der Waals surface area contributed by atoms with E-state index in [1.807, 2.05) is 0 Å². The van der Waals surface area contributed by atoms with E-state index in [2.05, 4.69) is 70.6 Å². The molecule has 0 saturated carbocycles. The van der Waals surface area contributed by atoms with Gasteiger partial charge in [0.15, 0.2) is 0 Å². The smallest absolute Gasteiger partial charge is 0.0520 e. The molecule has 0 heterocycles. The molecule has 0 aliphatic heterocycles. The molecular formula is C19H22BrN. The van der Waals surface area contributed by atoms with Crippen LogP contribution in [-0.4, -0.2) is 0 Å². The normalized spacial score (nSPS) is 16.8. The topological polar surface area (TPSA) is 12.0 Å². The van der Waals surface area contributed by atoms with Crippen molar-refractivity contribution in [3.05, 3.63) is 63.6 Å². The van der Waals surface area contributed by atoms with Gasteiger partial charge in [-0.2, -0.15) is 0 Å². The highest BCUT2D eigenvalue weighted by Gasteiger charge is 2.23. The zero-order chi connectivity index (χ0) is 14.7. The van der Waals surface area contributed by atoms with E-state index in [-0.39, 0.29) is 0 Å². The fourth-order valence-corrected chi connectivity index (χ4v) is 3.69. The van der Waals surface area contributed by atoms with E-state index in [0.29, 0.717) is 6.04 Å². The molecule has 1 aliphatic rings. The summed E-state index contributed by atoms with van der Waals surface area (Å²) >= 11 is 3.67. The number of aryl methyl sites for hydroxylation is 1. The van der Waals surface area contributed by atoms with Gasteiger partial charge in [0, 0.05) is 10.2 Å². The van der Waals surface area contributed by atoms with Gasteiger partial charge < -0.3 is 5.32 Å². The molecule has 0 fully saturated rings. The molecule has 2 aromatic carbocycles. The highest BCUT2D eigenvalue weighted by Crippen LogP contribution is 2.37. The predicted octanol–water partition coefficient (Wildman–Crippen LogP) is 5.89. The average Bonchev–Trinajstić information content (AvgIpc) is 2.91. The van der Waals surface area contributed by atoms with Gasteiger partial charge in [0.1, 0.15) is 0 Å². The lowest BCUT2D eigenvalue weighted by Gasteiger charge is -2.16. The van der Waals surface area contributed by atoms with Crippen LogP contribution < -0.4 is 5.32 Å². The summed E-state index contributed by atoms with van der Waals surface area (Å²) < 4.78 is 1.25. The number of benzene rings is 2. The van der Waals surface area contributed by atoms with Gasteiger partial charge in [0.05, 0.1) is 6.04 Å². The van der Waals surface area contributed by atoms with Crippen molar-refractivity contribution in [2.24, 2.45) is 0 Å². The average molecular weight is 344 g/mol. The number of halogens is 1. The van der Waals surface area contributed by atoms with Gasteiger partial charge in [0.2, 0.25) is 0 Å². The lowest BCUT2D eigenvalue weighted by Crippen LogP contribution is -2.07. The van der Waals surface area contributed by atoms with Crippen LogP contribution in [0, 0.1) is 0 Å². The van der Waals surface area contributed by atoms with Gasteiger partial charge in [0.25, 0.3) is 0 Å². The van der Waals surface area contributed by atoms with Crippen LogP contribution in [0.2, 0.25) is 0 Å². The Bertz CT molecular complexity index is 603. The van der Waals surface area contributed by atoms with Crippen LogP contribution in [-0.2, 0) is 12.8 Å². The molecule has 110 valence electrons. The Labute approximate surface area is 135 Å². The fraction of sp³-hybridized carbons (Fsp3) is 0.368. The monoisotopic (exact) mass is 343 g/mol. The van der Waals surface area contributed by atoms with Crippen LogP contribution in [0.4, 0.5) is 5.69 Å². The molecule has 0 bridgehead atoms. The van der Waals surface area contributed by atoms with Gasteiger partial charge >= 0.3 is 0 Å². The number of unbranched alkanes of at least 4 members (excludes halogenated alkanes) is 1. The zero-order valence-electron chi connectivity index (χ0n) is 12.5. The summed E-state index contributed by atoms with van der Waals surface area (Å²) in [7, 11) is 0. The Kier molecular flexibility index (Phi) is 4.64. The Hall–Kier alpha value is -1.28. The van der Waals surface area contributed by atoms with E-state index in [4.69, 9.17) is 0 Å². The molecular weight excluding hydrogens is 322 g/mol. The molecule has 0 saturated heterocycles. The Balaban J connectivity index is 1.70. The van der Waals surface area contributed by atoms with Crippen molar-refractivity contribution in [2.75, 3.05) is 5.32 Å². The number of hydrogen-bond acceptors (Lipinski definition) is 1. The minimum Gasteiger partial charge on any atom is -0.378 e. The molecule has 2 heteroatoms. The van der Waals surface area contributed by atoms with E-state index in [1.54, 1.807) is 0 Å². The molecule has 0 radical (unpaired) electrons. The van der Waals surface area contributed by atoms with Gasteiger partial charge in [-0.05, 0) is 60.6 Å². The molecule has 1 atom stereocenters. The molecule has 3 rings (SSSR count). The highest BCUT2D eigenvalue weighted by atomic mass is 79.9. The predicted molar refractivity (Wildman–Crippen MR) is 93.9 cm³/mol. The number of anilines is 1. The Morgan fingerprint density at radius 3 is 2.71 bits per heavy atom. The first-order valence-electron chi connectivity index (χ1n) is 7.90. The summed E-state index contributed by atoms with van der Waals surface area (Å²) in [4.78, 5) is 0. The Morgan fingerprint density at radius 1 is 1.14 bits per heavy atom. The van der Waals surface area contributed by atoms with Gasteiger partial charge in [-0.1, -0.05) is 53.5 Å². The van der Waals surface area contributed by atoms with Crippen LogP contribution >= 0.6 is 15.9 Å². The lowest BCUT2D eigenvalue weighted by molar-refractivity contribution is 0.761. The first-order chi connectivity index (χ1) is 10.3. The third-order valence-electron chi connectivity index (χ3n) is 4.33. The van der Waals surface area contributed by atoms with Gasteiger partial charge in [-0.3, -0.25) is 0 Å². The number of rotatable bonds is 5. The molecule has 1 unspecified atom stereocenters. The molecule has 1 N–H and O–H groups in total. The van der Waals surface area contributed by atoms with E-state index in [0.717, 1.165) is 6.42 Å². The molecule has 0 amide bonds. The van der Waals surface area contributed by atoms with Crippen molar-refractivity contribution < 1.29 is 0 Å². The second-order valence-corrected chi connectivity index (χ2v) is 6.70. The van der Waals surface area contributed by atoms with Gasteiger partial charge in [-0.15, -0.1) is 0 Å². The third-order valence-corrected chi connectivity index (χ3v) is 5.07. The van der Waals surface area contributed by atoms with Crippen molar-refractivity contribution in [2.45, 2.75) is 45.1 Å². The second-order valence-electron chi connectivity index (χ2n) is 5.84. The van der Waals surface area contributed by atoms with Crippen LogP contribution in [0.5, 0.6) is 0 Å². The van der Waals surface area contributed by atoms with Crippen molar-refractivity contribution in [3.8, 4) is 0 Å². The quantitative estimate of drug-likeness (QED) is 0.713. The maximum Gasteiger partial charge on any atom is 0.0520 e. The van der Waals surface area contributed by atoms with Crippen molar-refractivity contribution in [1.29, 1.82) is 0 Å². The number of nitrogens with one attached hydrogen (secondary N) is 1. The summed E-state index contributed by atoms with van der Waals surface area (Å²) in [5.74, 6) is 0. The van der Waals surface area contributed by atoms with Crippen molar-refractivity contribution >= 4 is 21.6 Å². The first kappa shape index (κ1) is 14.6. The van der Waals surface area contributed by atoms with E-state index in [1.165, 1.54) is 52.5 Å². The largest absolute Gasteiger partial charge is 0.378 e. The molecule has 0 spiro atoms. The summed E-state index contributed by atoms with van der Waals surface area (Å²) in [5, 5.41) is 3.69. The van der Waals surface area contributed by atoms with Crippen LogP contribution in [0.15, 0.2) is 46.9 Å². The summed E-state index contributed by atoms with van der Waals surface area (Å²) in [6, 6.07) is 15.9. The summed E-state index contributed by atoms with van der Waals surface area (Å²) in [5.41, 5.74) is 5.58. The van der Waals surface area contributed by atoms with E-state index < -0.39 is 0 Å². The van der Waals surface area contributed by atoms with Crippen molar-refractivity contribution in [1.82, 2.24) is 0 Å². The second kappa shape index (κ2) is 6.65. The fourth-order valence-electron chi connectivity index (χ4n) is 3.11. The molecule has 1 nitrogen and oxygen atoms in total. The SMILES string of the molecule is CCCCc1ccc(NC2CCc3c(Br)cccc32)cc1. The third kappa shape index (κ3) is 3.32. The summed E-state index contributed by atoms with van der Waals surface area (Å²) in [6.45, 7) is 2.24. The first-order valence-corrected chi connectivity index (χ1v) is 8.70. The van der Waals surface area contributed by atoms with E-state index in [9.17, 15) is 0 Å². The Morgan fingerprint density at radius 2 is 1.95 bits per heavy atom. The molecule has 2 aromatic rings. The van der Waals surface area contributed by atoms with Crippen LogP contribution in [0.25, 0.3) is 0 Å². The van der Waals surface area contributed by atoms with Crippen molar-refractivity contribution in [3.63, 3.8) is 0 Å². The number of fused-ring (bicyclic) bond motifs is 1. The van der Waals surface area contributed by atoms with Crippen LogP contribution in [0.3, 0.4) is 0 Å². The number of hydrogen-bond donors (Lipinski definition) is 1. The van der Waals surface area contributed by atoms with Gasteiger partial charge in [-0.25, -0.2) is 0 Å². The standard InChI is InChI=1S/C19H22BrN/c1-2-3-5-14-8-10-15(11-9-14)21-19-13-12-16-17(19)6-4-7-18(16)20/h4,6-11,19,21H,2-3,5,12-13H2,1H3. The lowest BCUT2D eigenvalue weighted by atomic mass is 10.1. The minimum absolute atomic E-state index is 0.444. The minimum atomic E-state index is 0.444. The maximum absolute atomic E-state index is 3.69. The maximum atomic E-state index is 3.69. The molecule has 21 heavy (non-hydrogen) atoms. The zero-order valence-corrected chi connectivity index (χ0v) is 14.1. The van der Waals surface area contributed by atoms with Crippen LogP contribution in [0.1, 0.15) is 48.9 Å². The molecule has 0 aromatic heterocycles. The molecule has 1 aliphatic carbocycles. The highest BCUT2D eigenvalue weighted by molar-refractivity contribution is 9.10. The van der Waals surface area contributed by atoms with E-state index >= 15 is 0 Å².